The van der Waals surface area contributed by atoms with Crippen molar-refractivity contribution in [1.29, 1.82) is 5.26 Å². The van der Waals surface area contributed by atoms with Crippen molar-refractivity contribution in [1.82, 2.24) is 10.2 Å². The highest BCUT2D eigenvalue weighted by Crippen LogP contribution is 2.02. The Bertz CT molecular complexity index is 150. The van der Waals surface area contributed by atoms with Gasteiger partial charge in [-0.3, -0.25) is 0 Å². The first kappa shape index (κ1) is 10.4. The van der Waals surface area contributed by atoms with Crippen LogP contribution in [0.1, 0.15) is 13.8 Å². The minimum Gasteiger partial charge on any atom is -0.304 e. The highest BCUT2D eigenvalue weighted by atomic mass is 15.1. The van der Waals surface area contributed by atoms with Crippen LogP contribution >= 0.6 is 0 Å². The second-order valence-corrected chi connectivity index (χ2v) is 3.02. The van der Waals surface area contributed by atoms with Gasteiger partial charge in [0.05, 0.1) is 6.07 Å². The van der Waals surface area contributed by atoms with Crippen LogP contribution in [-0.4, -0.2) is 37.6 Å². The van der Waals surface area contributed by atoms with Gasteiger partial charge in [0.1, 0.15) is 5.54 Å². The molecule has 0 heterocycles. The number of likely N-dealkylation sites (N-methyl/N-ethyl adjacent to an activating group) is 2. The molecule has 0 fully saturated rings. The summed E-state index contributed by atoms with van der Waals surface area (Å²) in [6.45, 7) is 5.71. The maximum Gasteiger partial charge on any atom is 0.116 e. The molecule has 0 saturated carbocycles. The molecule has 0 spiro atoms. The van der Waals surface area contributed by atoms with E-state index >= 15 is 0 Å². The third kappa shape index (κ3) is 3.35. The van der Waals surface area contributed by atoms with E-state index in [0.717, 1.165) is 13.1 Å². The standard InChI is InChI=1S/C8H17N3/c1-5-11(4)7-8(2,6-9)10-3/h10H,5,7H2,1-4H3. The second-order valence-electron chi connectivity index (χ2n) is 3.02. The van der Waals surface area contributed by atoms with Crippen LogP contribution in [0.15, 0.2) is 0 Å². The first-order chi connectivity index (χ1) is 5.08. The summed E-state index contributed by atoms with van der Waals surface area (Å²) in [6, 6.07) is 2.24. The van der Waals surface area contributed by atoms with E-state index in [9.17, 15) is 0 Å². The minimum atomic E-state index is -0.412. The molecule has 1 unspecified atom stereocenters. The van der Waals surface area contributed by atoms with Gasteiger partial charge in [0.25, 0.3) is 0 Å². The van der Waals surface area contributed by atoms with Gasteiger partial charge < -0.3 is 10.2 Å². The fraction of sp³-hybridized carbons (Fsp3) is 0.875. The molecule has 3 nitrogen and oxygen atoms in total. The Kier molecular flexibility index (Phi) is 4.09. The molecule has 0 aliphatic carbocycles. The Balaban J connectivity index is 3.99. The van der Waals surface area contributed by atoms with Crippen molar-refractivity contribution >= 4 is 0 Å². The largest absolute Gasteiger partial charge is 0.304 e. The molecular weight excluding hydrogens is 138 g/mol. The predicted octanol–water partition coefficient (Wildman–Crippen LogP) is 0.440. The molecule has 0 aromatic carbocycles. The molecule has 0 amide bonds. The summed E-state index contributed by atoms with van der Waals surface area (Å²) < 4.78 is 0. The number of hydrogen-bond acceptors (Lipinski definition) is 3. The summed E-state index contributed by atoms with van der Waals surface area (Å²) in [5.74, 6) is 0. The summed E-state index contributed by atoms with van der Waals surface area (Å²) >= 11 is 0. The summed E-state index contributed by atoms with van der Waals surface area (Å²) in [5.41, 5.74) is -0.412. The molecule has 64 valence electrons. The van der Waals surface area contributed by atoms with Crippen molar-refractivity contribution in [2.45, 2.75) is 19.4 Å². The van der Waals surface area contributed by atoms with Crippen molar-refractivity contribution < 1.29 is 0 Å². The van der Waals surface area contributed by atoms with Gasteiger partial charge in [-0.05, 0) is 27.6 Å². The molecule has 1 N–H and O–H groups in total. The fourth-order valence-electron chi connectivity index (χ4n) is 0.822. The molecule has 0 aliphatic heterocycles. The third-order valence-corrected chi connectivity index (χ3v) is 1.92. The first-order valence-corrected chi connectivity index (χ1v) is 3.86. The van der Waals surface area contributed by atoms with Crippen LogP contribution < -0.4 is 5.32 Å². The predicted molar refractivity (Wildman–Crippen MR) is 46.2 cm³/mol. The summed E-state index contributed by atoms with van der Waals surface area (Å²) in [6.07, 6.45) is 0. The Morgan fingerprint density at radius 1 is 1.64 bits per heavy atom. The first-order valence-electron chi connectivity index (χ1n) is 3.86. The maximum atomic E-state index is 8.79. The molecule has 1 atom stereocenters. The normalized spacial score (nSPS) is 16.0. The molecule has 0 aromatic rings. The SMILES string of the molecule is CCN(C)CC(C)(C#N)NC. The van der Waals surface area contributed by atoms with Crippen molar-refractivity contribution in [3.8, 4) is 6.07 Å². The topological polar surface area (TPSA) is 39.1 Å². The van der Waals surface area contributed by atoms with E-state index in [0.29, 0.717) is 0 Å². The minimum absolute atomic E-state index is 0.412. The van der Waals surface area contributed by atoms with Crippen molar-refractivity contribution in [3.63, 3.8) is 0 Å². The van der Waals surface area contributed by atoms with Crippen LogP contribution in [0.4, 0.5) is 0 Å². The van der Waals surface area contributed by atoms with Gasteiger partial charge in [0, 0.05) is 6.54 Å². The third-order valence-electron chi connectivity index (χ3n) is 1.92. The van der Waals surface area contributed by atoms with Gasteiger partial charge in [0.15, 0.2) is 0 Å². The zero-order valence-electron chi connectivity index (χ0n) is 7.81. The summed E-state index contributed by atoms with van der Waals surface area (Å²) in [5, 5.41) is 11.8. The van der Waals surface area contributed by atoms with Gasteiger partial charge in [-0.2, -0.15) is 5.26 Å². The van der Waals surface area contributed by atoms with Crippen LogP contribution in [0, 0.1) is 11.3 Å². The van der Waals surface area contributed by atoms with E-state index in [1.165, 1.54) is 0 Å². The van der Waals surface area contributed by atoms with Gasteiger partial charge in [-0.1, -0.05) is 6.92 Å². The van der Waals surface area contributed by atoms with Crippen molar-refractivity contribution in [2.24, 2.45) is 0 Å². The van der Waals surface area contributed by atoms with Gasteiger partial charge in [0.2, 0.25) is 0 Å². The highest BCUT2D eigenvalue weighted by Gasteiger charge is 2.22. The number of nitriles is 1. The molecule has 3 heteroatoms. The lowest BCUT2D eigenvalue weighted by molar-refractivity contribution is 0.280. The number of nitrogens with zero attached hydrogens (tertiary/aromatic N) is 2. The van der Waals surface area contributed by atoms with Crippen LogP contribution in [0.25, 0.3) is 0 Å². The van der Waals surface area contributed by atoms with Gasteiger partial charge >= 0.3 is 0 Å². The molecule has 11 heavy (non-hydrogen) atoms. The van der Waals surface area contributed by atoms with Crippen molar-refractivity contribution in [2.75, 3.05) is 27.2 Å². The quantitative estimate of drug-likeness (QED) is 0.640. The zero-order chi connectivity index (χ0) is 8.91. The highest BCUT2D eigenvalue weighted by molar-refractivity contribution is 5.04. The summed E-state index contributed by atoms with van der Waals surface area (Å²) in [4.78, 5) is 2.11. The average molecular weight is 155 g/mol. The Hall–Kier alpha value is -0.590. The maximum absolute atomic E-state index is 8.79. The molecule has 0 aliphatic rings. The lowest BCUT2D eigenvalue weighted by atomic mass is 10.1. The van der Waals surface area contributed by atoms with Crippen molar-refractivity contribution in [3.05, 3.63) is 0 Å². The molecule has 0 rings (SSSR count). The Morgan fingerprint density at radius 3 is 2.45 bits per heavy atom. The lowest BCUT2D eigenvalue weighted by Crippen LogP contribution is -2.47. The van der Waals surface area contributed by atoms with Crippen LogP contribution in [0.2, 0.25) is 0 Å². The van der Waals surface area contributed by atoms with Crippen LogP contribution in [0.3, 0.4) is 0 Å². The van der Waals surface area contributed by atoms with E-state index < -0.39 is 5.54 Å². The molecule has 0 aromatic heterocycles. The van der Waals surface area contributed by atoms with E-state index in [4.69, 9.17) is 5.26 Å². The molecule has 0 radical (unpaired) electrons. The number of hydrogen-bond donors (Lipinski definition) is 1. The monoisotopic (exact) mass is 155 g/mol. The van der Waals surface area contributed by atoms with Crippen LogP contribution in [0.5, 0.6) is 0 Å². The number of rotatable bonds is 4. The Morgan fingerprint density at radius 2 is 2.18 bits per heavy atom. The fourth-order valence-corrected chi connectivity index (χ4v) is 0.822. The average Bonchev–Trinajstić information content (AvgIpc) is 2.04. The Labute approximate surface area is 69.0 Å². The van der Waals surface area contributed by atoms with E-state index in [2.05, 4.69) is 23.2 Å². The number of nitrogens with one attached hydrogen (secondary N) is 1. The zero-order valence-corrected chi connectivity index (χ0v) is 7.81. The molecule has 0 bridgehead atoms. The van der Waals surface area contributed by atoms with E-state index in [-0.39, 0.29) is 0 Å². The van der Waals surface area contributed by atoms with E-state index in [1.807, 2.05) is 21.0 Å². The molecular formula is C8H17N3. The molecule has 0 saturated heterocycles. The lowest BCUT2D eigenvalue weighted by Gasteiger charge is -2.26. The summed E-state index contributed by atoms with van der Waals surface area (Å²) in [7, 11) is 3.82. The van der Waals surface area contributed by atoms with Crippen LogP contribution in [-0.2, 0) is 0 Å². The second kappa shape index (κ2) is 4.32. The van der Waals surface area contributed by atoms with Gasteiger partial charge in [-0.15, -0.1) is 0 Å². The smallest absolute Gasteiger partial charge is 0.116 e. The van der Waals surface area contributed by atoms with Gasteiger partial charge in [-0.25, -0.2) is 0 Å². The van der Waals surface area contributed by atoms with E-state index in [1.54, 1.807) is 0 Å².